The summed E-state index contributed by atoms with van der Waals surface area (Å²) in [4.78, 5) is 0. The van der Waals surface area contributed by atoms with Gasteiger partial charge in [0.1, 0.15) is 12.4 Å². The average Bonchev–Trinajstić information content (AvgIpc) is 3.40. The SMILES string of the molecule is C=CCOc1c([Si](C)(C)C)cc(C)cc1[Si](C)(C)C1c2cc(-c3cccc(CC)c3)ccc2-c2ccc(-c3cccc(CC)c3)cc21. The summed E-state index contributed by atoms with van der Waals surface area (Å²) in [5.41, 5.74) is 15.2. The highest BCUT2D eigenvalue weighted by Crippen LogP contribution is 2.51. The number of aryl methyl sites for hydroxylation is 3. The Bertz CT molecular complexity index is 1860. The lowest BCUT2D eigenvalue weighted by molar-refractivity contribution is 0.368. The number of benzene rings is 5. The van der Waals surface area contributed by atoms with Crippen molar-refractivity contribution in [1.82, 2.24) is 0 Å². The Balaban J connectivity index is 1.61. The molecule has 6 rings (SSSR count). The molecule has 0 unspecified atom stereocenters. The zero-order valence-electron chi connectivity index (χ0n) is 29.6. The molecule has 0 saturated heterocycles. The van der Waals surface area contributed by atoms with Crippen LogP contribution in [0.1, 0.15) is 47.2 Å². The van der Waals surface area contributed by atoms with Crippen molar-refractivity contribution >= 4 is 26.5 Å². The highest BCUT2D eigenvalue weighted by Gasteiger charge is 2.45. The van der Waals surface area contributed by atoms with Crippen molar-refractivity contribution in [2.45, 2.75) is 71.9 Å². The summed E-state index contributed by atoms with van der Waals surface area (Å²) in [5, 5.41) is 2.85. The van der Waals surface area contributed by atoms with Crippen molar-refractivity contribution in [3.63, 3.8) is 0 Å². The van der Waals surface area contributed by atoms with Crippen LogP contribution in [-0.2, 0) is 12.8 Å². The van der Waals surface area contributed by atoms with Gasteiger partial charge in [-0.3, -0.25) is 0 Å². The van der Waals surface area contributed by atoms with E-state index in [9.17, 15) is 0 Å². The van der Waals surface area contributed by atoms with Gasteiger partial charge in [-0.1, -0.05) is 162 Å². The molecular formula is C44H50OSi2. The van der Waals surface area contributed by atoms with E-state index in [2.05, 4.69) is 157 Å². The first-order chi connectivity index (χ1) is 22.5. The molecule has 240 valence electrons. The van der Waals surface area contributed by atoms with Crippen molar-refractivity contribution in [2.75, 3.05) is 6.61 Å². The molecule has 1 aliphatic carbocycles. The van der Waals surface area contributed by atoms with Crippen LogP contribution in [0.5, 0.6) is 5.75 Å². The van der Waals surface area contributed by atoms with Crippen molar-refractivity contribution in [2.24, 2.45) is 0 Å². The van der Waals surface area contributed by atoms with Gasteiger partial charge in [-0.2, -0.15) is 0 Å². The third kappa shape index (κ3) is 6.24. The molecule has 0 amide bonds. The van der Waals surface area contributed by atoms with Crippen molar-refractivity contribution in [3.8, 4) is 39.1 Å². The third-order valence-corrected chi connectivity index (χ3v) is 16.0. The van der Waals surface area contributed by atoms with Gasteiger partial charge in [0.15, 0.2) is 0 Å². The van der Waals surface area contributed by atoms with Gasteiger partial charge in [0.2, 0.25) is 0 Å². The van der Waals surface area contributed by atoms with E-state index in [1.165, 1.54) is 71.6 Å². The molecule has 1 nitrogen and oxygen atoms in total. The molecule has 0 spiro atoms. The largest absolute Gasteiger partial charge is 0.490 e. The summed E-state index contributed by atoms with van der Waals surface area (Å²) in [6, 6.07) is 37.5. The first-order valence-electron chi connectivity index (χ1n) is 17.3. The van der Waals surface area contributed by atoms with E-state index in [0.717, 1.165) is 18.6 Å². The highest BCUT2D eigenvalue weighted by molar-refractivity contribution is 6.94. The summed E-state index contributed by atoms with van der Waals surface area (Å²) in [6.45, 7) is 23.7. The first-order valence-corrected chi connectivity index (χ1v) is 23.9. The molecule has 0 heterocycles. The Morgan fingerprint density at radius 1 is 0.638 bits per heavy atom. The summed E-state index contributed by atoms with van der Waals surface area (Å²) >= 11 is 0. The van der Waals surface area contributed by atoms with E-state index in [0.29, 0.717) is 6.61 Å². The highest BCUT2D eigenvalue weighted by atomic mass is 28.3. The first kappa shape index (κ1) is 33.0. The minimum atomic E-state index is -2.31. The number of hydrogen-bond acceptors (Lipinski definition) is 1. The lowest BCUT2D eigenvalue weighted by Gasteiger charge is -2.36. The predicted molar refractivity (Wildman–Crippen MR) is 210 cm³/mol. The number of hydrogen-bond donors (Lipinski definition) is 0. The Labute approximate surface area is 285 Å². The van der Waals surface area contributed by atoms with Crippen molar-refractivity contribution in [1.29, 1.82) is 0 Å². The quantitative estimate of drug-likeness (QED) is 0.108. The fourth-order valence-electron chi connectivity index (χ4n) is 7.60. The third-order valence-electron chi connectivity index (χ3n) is 10.2. The van der Waals surface area contributed by atoms with E-state index in [1.54, 1.807) is 0 Å². The minimum Gasteiger partial charge on any atom is -0.490 e. The molecule has 0 aliphatic heterocycles. The lowest BCUT2D eigenvalue weighted by Crippen LogP contribution is -2.52. The fraction of sp³-hybridized carbons (Fsp3) is 0.273. The topological polar surface area (TPSA) is 9.23 Å². The molecule has 0 radical (unpaired) electrons. The van der Waals surface area contributed by atoms with Crippen LogP contribution in [-0.4, -0.2) is 22.8 Å². The van der Waals surface area contributed by atoms with E-state index >= 15 is 0 Å². The Kier molecular flexibility index (Phi) is 9.08. The molecule has 0 aromatic heterocycles. The summed E-state index contributed by atoms with van der Waals surface area (Å²) < 4.78 is 6.71. The maximum Gasteiger partial charge on any atom is 0.118 e. The molecule has 5 aromatic carbocycles. The van der Waals surface area contributed by atoms with Crippen molar-refractivity contribution < 1.29 is 4.74 Å². The Morgan fingerprint density at radius 3 is 1.60 bits per heavy atom. The minimum absolute atomic E-state index is 0.276. The van der Waals surface area contributed by atoms with E-state index < -0.39 is 16.1 Å². The van der Waals surface area contributed by atoms with E-state index in [1.807, 2.05) is 6.08 Å². The maximum absolute atomic E-state index is 6.71. The Morgan fingerprint density at radius 2 is 1.13 bits per heavy atom. The van der Waals surface area contributed by atoms with Gasteiger partial charge >= 0.3 is 0 Å². The molecule has 0 N–H and O–H groups in total. The number of ether oxygens (including phenoxy) is 1. The molecular weight excluding hydrogens is 601 g/mol. The normalized spacial score (nSPS) is 12.9. The van der Waals surface area contributed by atoms with Gasteiger partial charge in [0.25, 0.3) is 0 Å². The van der Waals surface area contributed by atoms with Gasteiger partial charge in [0.05, 0.1) is 16.1 Å². The summed E-state index contributed by atoms with van der Waals surface area (Å²) in [7, 11) is -4.02. The predicted octanol–water partition coefficient (Wildman–Crippen LogP) is 10.8. The Hall–Kier alpha value is -3.93. The fourth-order valence-corrected chi connectivity index (χ4v) is 13.0. The molecule has 0 saturated carbocycles. The standard InChI is InChI=1S/C44H50OSi2/c1-10-23-45-43-41(46(5,6)7)24-30(4)25-42(43)47(8,9)44-39-28-35(33-17-13-15-31(11-2)26-33)19-21-37(39)38-22-20-36(29-40(38)44)34-18-14-16-32(12-3)27-34/h10,13-22,24-29,44H,1,11-12,23H2,2-9H3. The zero-order chi connectivity index (χ0) is 33.5. The van der Waals surface area contributed by atoms with Crippen LogP contribution in [0.4, 0.5) is 0 Å². The van der Waals surface area contributed by atoms with Crippen LogP contribution in [0.2, 0.25) is 32.7 Å². The second-order valence-corrected chi connectivity index (χ2v) is 24.5. The van der Waals surface area contributed by atoms with Crippen LogP contribution in [0.15, 0.2) is 110 Å². The molecule has 3 heteroatoms. The maximum atomic E-state index is 6.71. The van der Waals surface area contributed by atoms with Crippen molar-refractivity contribution in [3.05, 3.63) is 138 Å². The molecule has 0 bridgehead atoms. The van der Waals surface area contributed by atoms with Gasteiger partial charge in [-0.05, 0) is 85.8 Å². The number of rotatable bonds is 10. The monoisotopic (exact) mass is 650 g/mol. The summed E-state index contributed by atoms with van der Waals surface area (Å²) in [5.74, 6) is 1.12. The molecule has 5 aromatic rings. The number of fused-ring (bicyclic) bond motifs is 3. The van der Waals surface area contributed by atoms with Gasteiger partial charge in [0, 0.05) is 5.54 Å². The molecule has 47 heavy (non-hydrogen) atoms. The molecule has 0 fully saturated rings. The average molecular weight is 651 g/mol. The van der Waals surface area contributed by atoms with Crippen LogP contribution < -0.4 is 15.1 Å². The van der Waals surface area contributed by atoms with E-state index in [-0.39, 0.29) is 5.54 Å². The van der Waals surface area contributed by atoms with Gasteiger partial charge < -0.3 is 4.74 Å². The van der Waals surface area contributed by atoms with Crippen LogP contribution in [0.25, 0.3) is 33.4 Å². The van der Waals surface area contributed by atoms with Crippen LogP contribution >= 0.6 is 0 Å². The smallest absolute Gasteiger partial charge is 0.118 e. The van der Waals surface area contributed by atoms with E-state index in [4.69, 9.17) is 4.74 Å². The molecule has 1 aliphatic rings. The second kappa shape index (κ2) is 12.9. The zero-order valence-corrected chi connectivity index (χ0v) is 31.6. The van der Waals surface area contributed by atoms with Crippen LogP contribution in [0, 0.1) is 6.92 Å². The second-order valence-electron chi connectivity index (χ2n) is 14.9. The van der Waals surface area contributed by atoms with Gasteiger partial charge in [-0.15, -0.1) is 0 Å². The summed E-state index contributed by atoms with van der Waals surface area (Å²) in [6.07, 6.45) is 3.96. The molecule has 0 atom stereocenters. The van der Waals surface area contributed by atoms with Gasteiger partial charge in [-0.25, -0.2) is 0 Å². The van der Waals surface area contributed by atoms with Crippen LogP contribution in [0.3, 0.4) is 0 Å². The lowest BCUT2D eigenvalue weighted by atomic mass is 9.96.